The predicted octanol–water partition coefficient (Wildman–Crippen LogP) is 3.87. The van der Waals surface area contributed by atoms with Crippen LogP contribution in [-0.2, 0) is 31.9 Å². The van der Waals surface area contributed by atoms with Crippen LogP contribution in [0, 0.1) is 0 Å². The van der Waals surface area contributed by atoms with Crippen molar-refractivity contribution in [3.05, 3.63) is 35.4 Å². The molecule has 0 radical (unpaired) electrons. The summed E-state index contributed by atoms with van der Waals surface area (Å²) >= 11 is 0. The van der Waals surface area contributed by atoms with Crippen LogP contribution in [0.25, 0.3) is 0 Å². The zero-order valence-electron chi connectivity index (χ0n) is 15.8. The summed E-state index contributed by atoms with van der Waals surface area (Å²) in [5, 5.41) is 0. The van der Waals surface area contributed by atoms with E-state index in [1.54, 1.807) is 6.92 Å². The molecule has 1 aromatic carbocycles. The number of benzene rings is 1. The standard InChI is InChI=1S/C20H34O4S.Na.H/c1-3-5-6-7-8-9-10-19-11-13-20(14-12-19)15-16-23-17-18-24-25(21,22)4-2;;/h11-14H,3-10,15-18H2,1-2H3;;. The van der Waals surface area contributed by atoms with Crippen LogP contribution >= 0.6 is 0 Å². The number of hydrogen-bond acceptors (Lipinski definition) is 4. The van der Waals surface area contributed by atoms with E-state index in [1.807, 2.05) is 0 Å². The number of rotatable bonds is 15. The Hall–Kier alpha value is 0.0900. The zero-order valence-corrected chi connectivity index (χ0v) is 16.7. The van der Waals surface area contributed by atoms with Crippen molar-refractivity contribution in [2.45, 2.75) is 65.2 Å². The topological polar surface area (TPSA) is 52.6 Å². The molecule has 26 heavy (non-hydrogen) atoms. The van der Waals surface area contributed by atoms with Crippen molar-refractivity contribution < 1.29 is 17.3 Å². The molecule has 0 bridgehead atoms. The molecule has 0 spiro atoms. The Labute approximate surface area is 182 Å². The first-order valence-electron chi connectivity index (χ1n) is 9.60. The van der Waals surface area contributed by atoms with Gasteiger partial charge in [0.05, 0.1) is 25.6 Å². The van der Waals surface area contributed by atoms with E-state index >= 15 is 0 Å². The average molecular weight is 395 g/mol. The molecule has 6 heteroatoms. The first kappa shape index (κ1) is 26.1. The van der Waals surface area contributed by atoms with E-state index in [-0.39, 0.29) is 41.9 Å². The number of aryl methyl sites for hydroxylation is 1. The van der Waals surface area contributed by atoms with Crippen LogP contribution in [0.15, 0.2) is 24.3 Å². The molecule has 1 aromatic rings. The van der Waals surface area contributed by atoms with Crippen LogP contribution in [0.4, 0.5) is 0 Å². The Balaban J connectivity index is 0.00000625. The van der Waals surface area contributed by atoms with E-state index < -0.39 is 10.1 Å². The fraction of sp³-hybridized carbons (Fsp3) is 0.700. The molecule has 146 valence electrons. The quantitative estimate of drug-likeness (QED) is 0.257. The fourth-order valence-corrected chi connectivity index (χ4v) is 3.07. The van der Waals surface area contributed by atoms with Crippen LogP contribution in [0.1, 0.15) is 63.5 Å². The first-order chi connectivity index (χ1) is 12.1. The average Bonchev–Trinajstić information content (AvgIpc) is 2.62. The van der Waals surface area contributed by atoms with Crippen LogP contribution < -0.4 is 0 Å². The van der Waals surface area contributed by atoms with Gasteiger partial charge in [0.1, 0.15) is 0 Å². The second kappa shape index (κ2) is 16.1. The van der Waals surface area contributed by atoms with Crippen LogP contribution in [-0.4, -0.2) is 63.5 Å². The second-order valence-electron chi connectivity index (χ2n) is 6.36. The van der Waals surface area contributed by atoms with Crippen molar-refractivity contribution in [2.24, 2.45) is 0 Å². The van der Waals surface area contributed by atoms with E-state index in [2.05, 4.69) is 31.2 Å². The van der Waals surface area contributed by atoms with Crippen molar-refractivity contribution in [2.75, 3.05) is 25.6 Å². The third-order valence-corrected chi connectivity index (χ3v) is 5.45. The van der Waals surface area contributed by atoms with Gasteiger partial charge >= 0.3 is 29.6 Å². The summed E-state index contributed by atoms with van der Waals surface area (Å²) in [6, 6.07) is 8.73. The van der Waals surface area contributed by atoms with Gasteiger partial charge in [0.2, 0.25) is 0 Å². The van der Waals surface area contributed by atoms with Crippen LogP contribution in [0.5, 0.6) is 0 Å². The first-order valence-corrected chi connectivity index (χ1v) is 11.2. The molecule has 0 N–H and O–H groups in total. The molecule has 0 aromatic heterocycles. The second-order valence-corrected chi connectivity index (χ2v) is 8.29. The third-order valence-electron chi connectivity index (χ3n) is 4.22. The Kier molecular flexibility index (Phi) is 16.1. The Morgan fingerprint density at radius 1 is 0.769 bits per heavy atom. The molecule has 1 rings (SSSR count). The van der Waals surface area contributed by atoms with Crippen molar-refractivity contribution >= 4 is 39.7 Å². The van der Waals surface area contributed by atoms with Crippen LogP contribution in [0.2, 0.25) is 0 Å². The van der Waals surface area contributed by atoms with Crippen molar-refractivity contribution in [3.8, 4) is 0 Å². The Morgan fingerprint density at radius 2 is 1.35 bits per heavy atom. The van der Waals surface area contributed by atoms with E-state index in [0.29, 0.717) is 13.2 Å². The summed E-state index contributed by atoms with van der Waals surface area (Å²) in [5.41, 5.74) is 2.65. The summed E-state index contributed by atoms with van der Waals surface area (Å²) in [6.45, 7) is 4.78. The van der Waals surface area contributed by atoms with Gasteiger partial charge in [-0.15, -0.1) is 0 Å². The van der Waals surface area contributed by atoms with Crippen molar-refractivity contribution in [1.29, 1.82) is 0 Å². The summed E-state index contributed by atoms with van der Waals surface area (Å²) in [5.74, 6) is -0.00190. The molecule has 0 aliphatic rings. The number of hydrogen-bond donors (Lipinski definition) is 0. The summed E-state index contributed by atoms with van der Waals surface area (Å²) in [4.78, 5) is 0. The summed E-state index contributed by atoms with van der Waals surface area (Å²) in [6.07, 6.45) is 9.97. The van der Waals surface area contributed by atoms with Gasteiger partial charge < -0.3 is 4.74 Å². The Bertz CT molecular complexity index is 543. The predicted molar refractivity (Wildman–Crippen MR) is 111 cm³/mol. The summed E-state index contributed by atoms with van der Waals surface area (Å²) in [7, 11) is -3.36. The number of ether oxygens (including phenoxy) is 1. The molecule has 0 fully saturated rings. The number of unbranched alkanes of at least 4 members (excludes halogenated alkanes) is 5. The zero-order chi connectivity index (χ0) is 18.4. The van der Waals surface area contributed by atoms with Crippen molar-refractivity contribution in [1.82, 2.24) is 0 Å². The maximum atomic E-state index is 11.1. The summed E-state index contributed by atoms with van der Waals surface area (Å²) < 4.78 is 32.5. The molecule has 0 aliphatic carbocycles. The molecule has 0 saturated carbocycles. The van der Waals surface area contributed by atoms with Gasteiger partial charge in [0, 0.05) is 0 Å². The van der Waals surface area contributed by atoms with Crippen molar-refractivity contribution in [3.63, 3.8) is 0 Å². The van der Waals surface area contributed by atoms with Gasteiger partial charge in [-0.2, -0.15) is 8.42 Å². The van der Waals surface area contributed by atoms with Gasteiger partial charge in [-0.1, -0.05) is 63.3 Å². The molecular formula is C20H35NaO4S. The van der Waals surface area contributed by atoms with Gasteiger partial charge in [0.15, 0.2) is 0 Å². The molecule has 0 saturated heterocycles. The molecule has 0 atom stereocenters. The minimum absolute atomic E-state index is 0. The Morgan fingerprint density at radius 3 is 1.96 bits per heavy atom. The van der Waals surface area contributed by atoms with Gasteiger partial charge in [-0.3, -0.25) is 4.18 Å². The normalized spacial score (nSPS) is 11.3. The monoisotopic (exact) mass is 394 g/mol. The molecule has 0 aliphatic heterocycles. The van der Waals surface area contributed by atoms with E-state index in [0.717, 1.165) is 12.8 Å². The molecule has 0 heterocycles. The van der Waals surface area contributed by atoms with E-state index in [4.69, 9.17) is 8.92 Å². The molecule has 0 unspecified atom stereocenters. The molecule has 0 amide bonds. The molecular weight excluding hydrogens is 359 g/mol. The van der Waals surface area contributed by atoms with E-state index in [9.17, 15) is 8.42 Å². The third kappa shape index (κ3) is 13.3. The van der Waals surface area contributed by atoms with Gasteiger partial charge in [0.25, 0.3) is 10.1 Å². The minimum atomic E-state index is -3.36. The fourth-order valence-electron chi connectivity index (χ4n) is 2.58. The van der Waals surface area contributed by atoms with E-state index in [1.165, 1.54) is 49.7 Å². The SMILES string of the molecule is CCCCCCCCc1ccc(CCOCCOS(=O)(=O)CC)cc1.[NaH]. The maximum absolute atomic E-state index is 11.1. The van der Waals surface area contributed by atoms with Gasteiger partial charge in [-0.25, -0.2) is 0 Å². The molecule has 4 nitrogen and oxygen atoms in total. The van der Waals surface area contributed by atoms with Gasteiger partial charge in [-0.05, 0) is 37.3 Å². The van der Waals surface area contributed by atoms with Crippen LogP contribution in [0.3, 0.4) is 0 Å².